The lowest BCUT2D eigenvalue weighted by atomic mass is 10.1. The van der Waals surface area contributed by atoms with Gasteiger partial charge in [0.05, 0.1) is 24.8 Å². The Kier molecular flexibility index (Phi) is 6.35. The van der Waals surface area contributed by atoms with E-state index < -0.39 is 0 Å². The van der Waals surface area contributed by atoms with Crippen molar-refractivity contribution in [2.75, 3.05) is 37.8 Å². The van der Waals surface area contributed by atoms with E-state index in [2.05, 4.69) is 10.2 Å². The number of rotatable bonds is 6. The fourth-order valence-electron chi connectivity index (χ4n) is 3.32. The normalized spacial score (nSPS) is 15.3. The first-order chi connectivity index (χ1) is 13.1. The number of para-hydroxylation sites is 2. The number of nitrogens with zero attached hydrogens (tertiary/aromatic N) is 1. The first-order valence-electron chi connectivity index (χ1n) is 9.48. The molecule has 5 nitrogen and oxygen atoms in total. The van der Waals surface area contributed by atoms with Gasteiger partial charge in [-0.2, -0.15) is 0 Å². The molecule has 1 aliphatic heterocycles. The van der Waals surface area contributed by atoms with Gasteiger partial charge in [0.25, 0.3) is 5.91 Å². The van der Waals surface area contributed by atoms with Crippen molar-refractivity contribution in [1.82, 2.24) is 5.32 Å². The predicted molar refractivity (Wildman–Crippen MR) is 108 cm³/mol. The number of benzene rings is 2. The monoisotopic (exact) mass is 368 g/mol. The second-order valence-electron chi connectivity index (χ2n) is 7.02. The standard InChI is InChI=1S/C22H28N2O3/c1-16-7-6-8-17(2)21(16)27-15-18(3)23-22(25)19-9-4-5-10-20(19)24-11-13-26-14-12-24/h4-10,18H,11-15H2,1-3H3,(H,23,25). The lowest BCUT2D eigenvalue weighted by molar-refractivity contribution is 0.0925. The zero-order valence-electron chi connectivity index (χ0n) is 16.3. The van der Waals surface area contributed by atoms with Gasteiger partial charge < -0.3 is 19.7 Å². The summed E-state index contributed by atoms with van der Waals surface area (Å²) in [5, 5.41) is 3.06. The Balaban J connectivity index is 1.63. The number of hydrogen-bond donors (Lipinski definition) is 1. The molecule has 2 aromatic carbocycles. The molecule has 1 fully saturated rings. The van der Waals surface area contributed by atoms with Gasteiger partial charge in [-0.25, -0.2) is 0 Å². The van der Waals surface area contributed by atoms with E-state index in [1.165, 1.54) is 0 Å². The van der Waals surface area contributed by atoms with Crippen molar-refractivity contribution in [2.24, 2.45) is 0 Å². The minimum absolute atomic E-state index is 0.0744. The molecule has 1 unspecified atom stereocenters. The van der Waals surface area contributed by atoms with E-state index in [0.29, 0.717) is 25.4 Å². The molecule has 0 radical (unpaired) electrons. The molecular weight excluding hydrogens is 340 g/mol. The molecule has 5 heteroatoms. The van der Waals surface area contributed by atoms with Gasteiger partial charge in [0.1, 0.15) is 12.4 Å². The van der Waals surface area contributed by atoms with E-state index in [-0.39, 0.29) is 11.9 Å². The summed E-state index contributed by atoms with van der Waals surface area (Å²) < 4.78 is 11.4. The topological polar surface area (TPSA) is 50.8 Å². The lowest BCUT2D eigenvalue weighted by Crippen LogP contribution is -2.40. The smallest absolute Gasteiger partial charge is 0.253 e. The third kappa shape index (κ3) is 4.80. The van der Waals surface area contributed by atoms with Crippen LogP contribution in [0, 0.1) is 13.8 Å². The minimum atomic E-state index is -0.103. The number of morpholine rings is 1. The number of ether oxygens (including phenoxy) is 2. The van der Waals surface area contributed by atoms with Crippen LogP contribution in [0.25, 0.3) is 0 Å². The molecular formula is C22H28N2O3. The number of hydrogen-bond acceptors (Lipinski definition) is 4. The summed E-state index contributed by atoms with van der Waals surface area (Å²) in [5.41, 5.74) is 3.86. The molecule has 27 heavy (non-hydrogen) atoms. The van der Waals surface area contributed by atoms with Gasteiger partial charge in [0, 0.05) is 18.8 Å². The Morgan fingerprint density at radius 1 is 1.11 bits per heavy atom. The fourth-order valence-corrected chi connectivity index (χ4v) is 3.32. The van der Waals surface area contributed by atoms with Gasteiger partial charge in [-0.05, 0) is 44.0 Å². The number of carbonyl (C=O) groups excluding carboxylic acids is 1. The Hall–Kier alpha value is -2.53. The van der Waals surface area contributed by atoms with E-state index in [1.807, 2.05) is 63.2 Å². The summed E-state index contributed by atoms with van der Waals surface area (Å²) in [5.74, 6) is 0.821. The van der Waals surface area contributed by atoms with Crippen LogP contribution in [0.2, 0.25) is 0 Å². The van der Waals surface area contributed by atoms with Crippen LogP contribution in [0.15, 0.2) is 42.5 Å². The third-order valence-electron chi connectivity index (χ3n) is 4.76. The molecule has 0 aromatic heterocycles. The first-order valence-corrected chi connectivity index (χ1v) is 9.48. The molecule has 3 rings (SSSR count). The summed E-state index contributed by atoms with van der Waals surface area (Å²) in [7, 11) is 0. The maximum atomic E-state index is 12.8. The quantitative estimate of drug-likeness (QED) is 0.850. The summed E-state index contributed by atoms with van der Waals surface area (Å²) in [4.78, 5) is 15.0. The highest BCUT2D eigenvalue weighted by atomic mass is 16.5. The Labute approximate surface area is 161 Å². The van der Waals surface area contributed by atoms with Crippen molar-refractivity contribution in [1.29, 1.82) is 0 Å². The molecule has 1 heterocycles. The van der Waals surface area contributed by atoms with E-state index in [0.717, 1.165) is 35.7 Å². The van der Waals surface area contributed by atoms with Gasteiger partial charge in [-0.3, -0.25) is 4.79 Å². The van der Waals surface area contributed by atoms with Gasteiger partial charge in [-0.1, -0.05) is 30.3 Å². The maximum absolute atomic E-state index is 12.8. The fraction of sp³-hybridized carbons (Fsp3) is 0.409. The summed E-state index contributed by atoms with van der Waals surface area (Å²) in [6.45, 7) is 9.44. The van der Waals surface area contributed by atoms with Crippen LogP contribution >= 0.6 is 0 Å². The predicted octanol–water partition coefficient (Wildman–Crippen LogP) is 3.34. The van der Waals surface area contributed by atoms with Crippen molar-refractivity contribution in [3.63, 3.8) is 0 Å². The van der Waals surface area contributed by atoms with Crippen molar-refractivity contribution in [2.45, 2.75) is 26.8 Å². The van der Waals surface area contributed by atoms with Crippen LogP contribution in [0.1, 0.15) is 28.4 Å². The van der Waals surface area contributed by atoms with Crippen molar-refractivity contribution >= 4 is 11.6 Å². The molecule has 0 spiro atoms. The largest absolute Gasteiger partial charge is 0.491 e. The molecule has 1 atom stereocenters. The highest BCUT2D eigenvalue weighted by Gasteiger charge is 2.19. The summed E-state index contributed by atoms with van der Waals surface area (Å²) >= 11 is 0. The highest BCUT2D eigenvalue weighted by Crippen LogP contribution is 2.23. The average Bonchev–Trinajstić information content (AvgIpc) is 2.68. The van der Waals surface area contributed by atoms with E-state index in [9.17, 15) is 4.79 Å². The molecule has 1 saturated heterocycles. The molecule has 1 N–H and O–H groups in total. The van der Waals surface area contributed by atoms with E-state index >= 15 is 0 Å². The first kappa shape index (κ1) is 19.2. The van der Waals surface area contributed by atoms with Crippen LogP contribution < -0.4 is 15.0 Å². The van der Waals surface area contributed by atoms with Gasteiger partial charge in [0.2, 0.25) is 0 Å². The number of amides is 1. The molecule has 144 valence electrons. The van der Waals surface area contributed by atoms with Gasteiger partial charge in [-0.15, -0.1) is 0 Å². The molecule has 2 aromatic rings. The SMILES string of the molecule is Cc1cccc(C)c1OCC(C)NC(=O)c1ccccc1N1CCOCC1. The molecule has 1 aliphatic rings. The number of carbonyl (C=O) groups is 1. The molecule has 0 aliphatic carbocycles. The Morgan fingerprint density at radius 2 is 1.78 bits per heavy atom. The third-order valence-corrected chi connectivity index (χ3v) is 4.76. The highest BCUT2D eigenvalue weighted by molar-refractivity contribution is 6.00. The van der Waals surface area contributed by atoms with Crippen LogP contribution in [0.3, 0.4) is 0 Å². The summed E-state index contributed by atoms with van der Waals surface area (Å²) in [6.07, 6.45) is 0. The molecule has 0 bridgehead atoms. The second-order valence-corrected chi connectivity index (χ2v) is 7.02. The van der Waals surface area contributed by atoms with Gasteiger partial charge >= 0.3 is 0 Å². The lowest BCUT2D eigenvalue weighted by Gasteiger charge is -2.30. The zero-order valence-corrected chi connectivity index (χ0v) is 16.3. The number of anilines is 1. The van der Waals surface area contributed by atoms with E-state index in [4.69, 9.17) is 9.47 Å². The van der Waals surface area contributed by atoms with Crippen LogP contribution in [-0.2, 0) is 4.74 Å². The average molecular weight is 368 g/mol. The van der Waals surface area contributed by atoms with Crippen molar-refractivity contribution < 1.29 is 14.3 Å². The van der Waals surface area contributed by atoms with Crippen LogP contribution in [0.5, 0.6) is 5.75 Å². The Morgan fingerprint density at radius 3 is 2.48 bits per heavy atom. The Bertz CT molecular complexity index is 765. The van der Waals surface area contributed by atoms with Crippen molar-refractivity contribution in [3.05, 3.63) is 59.2 Å². The molecule has 1 amide bonds. The van der Waals surface area contributed by atoms with Gasteiger partial charge in [0.15, 0.2) is 0 Å². The van der Waals surface area contributed by atoms with Crippen LogP contribution in [0.4, 0.5) is 5.69 Å². The zero-order chi connectivity index (χ0) is 19.2. The number of nitrogens with one attached hydrogen (secondary N) is 1. The minimum Gasteiger partial charge on any atom is -0.491 e. The second kappa shape index (κ2) is 8.91. The maximum Gasteiger partial charge on any atom is 0.253 e. The summed E-state index contributed by atoms with van der Waals surface area (Å²) in [6, 6.07) is 13.7. The van der Waals surface area contributed by atoms with Crippen LogP contribution in [-0.4, -0.2) is 44.9 Å². The number of aryl methyl sites for hydroxylation is 2. The molecule has 0 saturated carbocycles. The van der Waals surface area contributed by atoms with E-state index in [1.54, 1.807) is 0 Å². The van der Waals surface area contributed by atoms with Crippen molar-refractivity contribution in [3.8, 4) is 5.75 Å².